The van der Waals surface area contributed by atoms with E-state index in [4.69, 9.17) is 13.9 Å². The number of ether oxygens (including phenoxy) is 2. The van der Waals surface area contributed by atoms with Crippen molar-refractivity contribution >= 4 is 10.5 Å². The first-order valence-electron chi connectivity index (χ1n) is 7.56. The van der Waals surface area contributed by atoms with Crippen molar-refractivity contribution in [1.29, 1.82) is 0 Å². The second kappa shape index (κ2) is 7.93. The minimum Gasteiger partial charge on any atom is -0.376 e. The highest BCUT2D eigenvalue weighted by atomic mass is 28.2. The van der Waals surface area contributed by atoms with Gasteiger partial charge in [0.05, 0.1) is 0 Å². The van der Waals surface area contributed by atoms with Crippen LogP contribution in [0.15, 0.2) is 36.4 Å². The Kier molecular flexibility index (Phi) is 6.17. The Labute approximate surface area is 141 Å². The molecule has 0 atom stereocenters. The fourth-order valence-corrected chi connectivity index (χ4v) is 2.88. The van der Waals surface area contributed by atoms with E-state index in [1.807, 2.05) is 13.8 Å². The molecule has 24 heavy (non-hydrogen) atoms. The normalized spacial score (nSPS) is 11.9. The van der Waals surface area contributed by atoms with Crippen molar-refractivity contribution in [3.05, 3.63) is 59.4 Å². The highest BCUT2D eigenvalue weighted by Gasteiger charge is 2.33. The van der Waals surface area contributed by atoms with Crippen LogP contribution in [0.4, 0.5) is 13.2 Å². The van der Waals surface area contributed by atoms with Gasteiger partial charge in [-0.25, -0.2) is 13.2 Å². The maximum absolute atomic E-state index is 13.4. The number of rotatable bonds is 7. The Morgan fingerprint density at radius 1 is 0.875 bits per heavy atom. The summed E-state index contributed by atoms with van der Waals surface area (Å²) < 4.78 is 56.6. The third kappa shape index (κ3) is 3.70. The Balaban J connectivity index is 2.39. The van der Waals surface area contributed by atoms with Crippen LogP contribution in [0.3, 0.4) is 0 Å². The van der Waals surface area contributed by atoms with Crippen LogP contribution in [0, 0.1) is 17.5 Å². The van der Waals surface area contributed by atoms with Gasteiger partial charge in [-0.2, -0.15) is 0 Å². The summed E-state index contributed by atoms with van der Waals surface area (Å²) in [5, 5.41) is 0. The fraction of sp³-hybridized carbons (Fsp3) is 0.294. The molecule has 0 heterocycles. The van der Waals surface area contributed by atoms with Crippen molar-refractivity contribution in [3.63, 3.8) is 0 Å². The van der Waals surface area contributed by atoms with Gasteiger partial charge < -0.3 is 13.9 Å². The van der Waals surface area contributed by atoms with E-state index in [1.54, 1.807) is 24.3 Å². The third-order valence-electron chi connectivity index (χ3n) is 3.49. The summed E-state index contributed by atoms with van der Waals surface area (Å²) in [7, 11) is 0.389. The molecule has 0 aliphatic rings. The molecule has 0 saturated heterocycles. The molecule has 2 rings (SSSR count). The number of benzene rings is 2. The molecule has 130 valence electrons. The van der Waals surface area contributed by atoms with Crippen LogP contribution in [0.25, 0.3) is 11.1 Å². The predicted octanol–water partition coefficient (Wildman–Crippen LogP) is 3.25. The first kappa shape index (κ1) is 18.7. The van der Waals surface area contributed by atoms with E-state index >= 15 is 0 Å². The molecular weight excluding hydrogens is 337 g/mol. The van der Waals surface area contributed by atoms with Crippen molar-refractivity contribution in [2.45, 2.75) is 19.8 Å². The summed E-state index contributed by atoms with van der Waals surface area (Å²) >= 11 is 0. The van der Waals surface area contributed by atoms with E-state index in [2.05, 4.69) is 0 Å². The SMILES string of the molecule is CCOC(O[SiH3])(OCC)c1ccc(-c2cc(F)c(F)c(F)c2)cc1. The van der Waals surface area contributed by atoms with Gasteiger partial charge in [-0.3, -0.25) is 0 Å². The highest BCUT2D eigenvalue weighted by molar-refractivity contribution is 5.98. The molecule has 0 bridgehead atoms. The van der Waals surface area contributed by atoms with Gasteiger partial charge in [0.15, 0.2) is 27.9 Å². The molecule has 2 aromatic carbocycles. The standard InChI is InChI=1S/C17H19F3O3Si/c1-3-21-17(23-24,22-4-2)13-7-5-11(6-8-13)12-9-14(18)16(20)15(19)10-12/h5-10H,3-4H2,1-2,24H3. The maximum atomic E-state index is 13.4. The van der Waals surface area contributed by atoms with E-state index in [0.29, 0.717) is 34.8 Å². The average molecular weight is 356 g/mol. The van der Waals surface area contributed by atoms with Crippen molar-refractivity contribution in [1.82, 2.24) is 0 Å². The number of hydrogen-bond donors (Lipinski definition) is 0. The summed E-state index contributed by atoms with van der Waals surface area (Å²) in [6.45, 7) is 4.43. The molecule has 0 spiro atoms. The van der Waals surface area contributed by atoms with Crippen molar-refractivity contribution in [2.24, 2.45) is 0 Å². The second-order valence-electron chi connectivity index (χ2n) is 4.96. The topological polar surface area (TPSA) is 27.7 Å². The Morgan fingerprint density at radius 2 is 1.38 bits per heavy atom. The van der Waals surface area contributed by atoms with Gasteiger partial charge in [0.1, 0.15) is 0 Å². The smallest absolute Gasteiger partial charge is 0.301 e. The maximum Gasteiger partial charge on any atom is 0.301 e. The third-order valence-corrected chi connectivity index (χ3v) is 4.03. The minimum atomic E-state index is -1.48. The molecule has 0 saturated carbocycles. The van der Waals surface area contributed by atoms with Crippen molar-refractivity contribution in [2.75, 3.05) is 13.2 Å². The Morgan fingerprint density at radius 3 is 1.79 bits per heavy atom. The quantitative estimate of drug-likeness (QED) is 0.433. The van der Waals surface area contributed by atoms with Gasteiger partial charge in [0, 0.05) is 18.8 Å². The molecule has 0 fully saturated rings. The van der Waals surface area contributed by atoms with E-state index in [0.717, 1.165) is 12.1 Å². The van der Waals surface area contributed by atoms with Crippen LogP contribution in [-0.2, 0) is 19.9 Å². The van der Waals surface area contributed by atoms with Gasteiger partial charge in [0.25, 0.3) is 0 Å². The molecule has 0 aromatic heterocycles. The fourth-order valence-electron chi connectivity index (χ4n) is 2.41. The van der Waals surface area contributed by atoms with Crippen molar-refractivity contribution in [3.8, 4) is 11.1 Å². The van der Waals surface area contributed by atoms with E-state index in [9.17, 15) is 13.2 Å². The Bertz CT molecular complexity index is 663. The van der Waals surface area contributed by atoms with Crippen LogP contribution in [0.2, 0.25) is 0 Å². The summed E-state index contributed by atoms with van der Waals surface area (Å²) in [5.41, 5.74) is 1.41. The van der Waals surface area contributed by atoms with Crippen LogP contribution in [0.5, 0.6) is 0 Å². The highest BCUT2D eigenvalue weighted by Crippen LogP contribution is 2.31. The van der Waals surface area contributed by atoms with Crippen LogP contribution >= 0.6 is 0 Å². The monoisotopic (exact) mass is 356 g/mol. The van der Waals surface area contributed by atoms with Gasteiger partial charge >= 0.3 is 5.97 Å². The number of halogens is 3. The van der Waals surface area contributed by atoms with Gasteiger partial charge in [0.2, 0.25) is 0 Å². The lowest BCUT2D eigenvalue weighted by atomic mass is 10.0. The molecule has 3 nitrogen and oxygen atoms in total. The van der Waals surface area contributed by atoms with Gasteiger partial charge in [-0.15, -0.1) is 0 Å². The number of hydrogen-bond acceptors (Lipinski definition) is 3. The lowest BCUT2D eigenvalue weighted by Crippen LogP contribution is -2.35. The van der Waals surface area contributed by atoms with E-state index in [-0.39, 0.29) is 5.56 Å². The van der Waals surface area contributed by atoms with Crippen LogP contribution in [-0.4, -0.2) is 23.7 Å². The van der Waals surface area contributed by atoms with Gasteiger partial charge in [-0.1, -0.05) is 24.3 Å². The zero-order valence-corrected chi connectivity index (χ0v) is 15.7. The predicted molar refractivity (Wildman–Crippen MR) is 87.7 cm³/mol. The molecule has 2 aromatic rings. The van der Waals surface area contributed by atoms with Crippen LogP contribution in [0.1, 0.15) is 19.4 Å². The summed E-state index contributed by atoms with van der Waals surface area (Å²) in [4.78, 5) is 0. The van der Waals surface area contributed by atoms with E-state index in [1.165, 1.54) is 0 Å². The minimum absolute atomic E-state index is 0.239. The molecule has 0 radical (unpaired) electrons. The van der Waals surface area contributed by atoms with Crippen molar-refractivity contribution < 1.29 is 27.1 Å². The molecule has 0 unspecified atom stereocenters. The largest absolute Gasteiger partial charge is 0.376 e. The molecule has 0 N–H and O–H groups in total. The molecule has 0 amide bonds. The van der Waals surface area contributed by atoms with Crippen LogP contribution < -0.4 is 0 Å². The van der Waals surface area contributed by atoms with Gasteiger partial charge in [-0.05, 0) is 37.1 Å². The van der Waals surface area contributed by atoms with E-state index < -0.39 is 23.4 Å². The Hall–Kier alpha value is -1.67. The zero-order valence-electron chi connectivity index (χ0n) is 13.7. The molecule has 0 aliphatic carbocycles. The second-order valence-corrected chi connectivity index (χ2v) is 5.37. The molecular formula is C17H19F3O3Si. The first-order valence-corrected chi connectivity index (χ1v) is 8.37. The zero-order chi connectivity index (χ0) is 17.7. The first-order chi connectivity index (χ1) is 11.5. The lowest BCUT2D eigenvalue weighted by molar-refractivity contribution is -0.352. The summed E-state index contributed by atoms with van der Waals surface area (Å²) in [6, 6.07) is 8.59. The summed E-state index contributed by atoms with van der Waals surface area (Å²) in [5.74, 6) is -5.22. The lowest BCUT2D eigenvalue weighted by Gasteiger charge is -2.32. The molecule has 7 heteroatoms. The summed E-state index contributed by atoms with van der Waals surface area (Å²) in [6.07, 6.45) is 0. The average Bonchev–Trinajstić information content (AvgIpc) is 2.59. The molecule has 0 aliphatic heterocycles.